The molecule has 4 nitrogen and oxygen atoms in total. The molecule has 2 rings (SSSR count). The summed E-state index contributed by atoms with van der Waals surface area (Å²) in [5.41, 5.74) is 1.23. The van der Waals surface area contributed by atoms with Gasteiger partial charge < -0.3 is 4.57 Å². The van der Waals surface area contributed by atoms with Gasteiger partial charge in [-0.15, -0.1) is 0 Å². The van der Waals surface area contributed by atoms with Crippen LogP contribution in [0.25, 0.3) is 0 Å². The highest BCUT2D eigenvalue weighted by Gasteiger charge is 2.22. The van der Waals surface area contributed by atoms with Crippen LogP contribution in [0.4, 0.5) is 0 Å². The van der Waals surface area contributed by atoms with E-state index in [1.54, 1.807) is 6.92 Å². The van der Waals surface area contributed by atoms with Gasteiger partial charge in [0.05, 0.1) is 12.0 Å². The standard InChI is InChI=1S/C14H23N3O/c1-12(18)8-13-6-4-3-5-7-17(13)10-14-9-15-11-16(14)2/h9,11,13H,3-8,10H2,1-2H3. The number of hydrogen-bond donors (Lipinski definition) is 0. The fourth-order valence-corrected chi connectivity index (χ4v) is 2.75. The molecule has 1 aliphatic rings. The lowest BCUT2D eigenvalue weighted by molar-refractivity contribution is -0.118. The smallest absolute Gasteiger partial charge is 0.131 e. The first-order valence-corrected chi connectivity index (χ1v) is 6.85. The van der Waals surface area contributed by atoms with Crippen molar-refractivity contribution in [2.24, 2.45) is 7.05 Å². The summed E-state index contributed by atoms with van der Waals surface area (Å²) in [5, 5.41) is 0. The lowest BCUT2D eigenvalue weighted by atomic mass is 10.0. The number of hydrogen-bond acceptors (Lipinski definition) is 3. The highest BCUT2D eigenvalue weighted by molar-refractivity contribution is 5.76. The summed E-state index contributed by atoms with van der Waals surface area (Å²) in [7, 11) is 2.03. The van der Waals surface area contributed by atoms with Crippen molar-refractivity contribution in [2.45, 2.75) is 51.6 Å². The predicted octanol–water partition coefficient (Wildman–Crippen LogP) is 2.14. The van der Waals surface area contributed by atoms with E-state index >= 15 is 0 Å². The molecule has 1 unspecified atom stereocenters. The molecule has 1 aromatic heterocycles. The van der Waals surface area contributed by atoms with Gasteiger partial charge in [-0.2, -0.15) is 0 Å². The van der Waals surface area contributed by atoms with Crippen LogP contribution in [0, 0.1) is 0 Å². The summed E-state index contributed by atoms with van der Waals surface area (Å²) in [6.07, 6.45) is 9.39. The lowest BCUT2D eigenvalue weighted by Gasteiger charge is -2.29. The number of nitrogens with zero attached hydrogens (tertiary/aromatic N) is 3. The Morgan fingerprint density at radius 3 is 2.94 bits per heavy atom. The van der Waals surface area contributed by atoms with E-state index in [0.29, 0.717) is 18.2 Å². The third kappa shape index (κ3) is 3.42. The van der Waals surface area contributed by atoms with E-state index < -0.39 is 0 Å². The third-order valence-electron chi connectivity index (χ3n) is 3.80. The molecule has 0 spiro atoms. The van der Waals surface area contributed by atoms with Crippen molar-refractivity contribution in [3.8, 4) is 0 Å². The van der Waals surface area contributed by atoms with Crippen molar-refractivity contribution < 1.29 is 4.79 Å². The molecule has 1 fully saturated rings. The molecule has 1 saturated heterocycles. The number of likely N-dealkylation sites (tertiary alicyclic amines) is 1. The van der Waals surface area contributed by atoms with E-state index in [0.717, 1.165) is 19.5 Å². The van der Waals surface area contributed by atoms with Gasteiger partial charge in [0.25, 0.3) is 0 Å². The first kappa shape index (κ1) is 13.3. The van der Waals surface area contributed by atoms with E-state index in [9.17, 15) is 4.79 Å². The molecule has 0 amide bonds. The van der Waals surface area contributed by atoms with E-state index in [4.69, 9.17) is 0 Å². The third-order valence-corrected chi connectivity index (χ3v) is 3.80. The van der Waals surface area contributed by atoms with Crippen molar-refractivity contribution in [1.82, 2.24) is 14.5 Å². The summed E-state index contributed by atoms with van der Waals surface area (Å²) in [6.45, 7) is 3.71. The predicted molar refractivity (Wildman–Crippen MR) is 71.2 cm³/mol. The molecule has 2 heterocycles. The van der Waals surface area contributed by atoms with E-state index in [1.165, 1.54) is 25.0 Å². The fourth-order valence-electron chi connectivity index (χ4n) is 2.75. The molecule has 0 radical (unpaired) electrons. The Morgan fingerprint density at radius 2 is 2.28 bits per heavy atom. The number of carbonyl (C=O) groups excluding carboxylic acids is 1. The zero-order chi connectivity index (χ0) is 13.0. The van der Waals surface area contributed by atoms with Gasteiger partial charge in [-0.25, -0.2) is 4.98 Å². The molecule has 0 aromatic carbocycles. The lowest BCUT2D eigenvalue weighted by Crippen LogP contribution is -2.36. The molecule has 4 heteroatoms. The normalized spacial score (nSPS) is 21.8. The molecule has 1 aromatic rings. The van der Waals surface area contributed by atoms with Crippen LogP contribution in [0.3, 0.4) is 0 Å². The Balaban J connectivity index is 2.05. The minimum atomic E-state index is 0.303. The van der Waals surface area contributed by atoms with Crippen LogP contribution in [0.5, 0.6) is 0 Å². The zero-order valence-electron chi connectivity index (χ0n) is 11.4. The second kappa shape index (κ2) is 6.14. The van der Waals surface area contributed by atoms with Gasteiger partial charge in [-0.1, -0.05) is 12.8 Å². The first-order chi connectivity index (χ1) is 8.66. The summed E-state index contributed by atoms with van der Waals surface area (Å²) in [6, 6.07) is 0.417. The van der Waals surface area contributed by atoms with Crippen LogP contribution in [-0.4, -0.2) is 32.8 Å². The van der Waals surface area contributed by atoms with Crippen LogP contribution in [0.1, 0.15) is 44.7 Å². The maximum absolute atomic E-state index is 11.4. The van der Waals surface area contributed by atoms with Gasteiger partial charge in [0.15, 0.2) is 0 Å². The van der Waals surface area contributed by atoms with Crippen molar-refractivity contribution in [1.29, 1.82) is 0 Å². The topological polar surface area (TPSA) is 38.1 Å². The summed E-state index contributed by atoms with van der Waals surface area (Å²) < 4.78 is 2.07. The molecule has 1 atom stereocenters. The van der Waals surface area contributed by atoms with Gasteiger partial charge in [0.2, 0.25) is 0 Å². The average Bonchev–Trinajstić information content (AvgIpc) is 2.58. The minimum Gasteiger partial charge on any atom is -0.337 e. The van der Waals surface area contributed by atoms with Crippen molar-refractivity contribution in [3.63, 3.8) is 0 Å². The van der Waals surface area contributed by atoms with Crippen LogP contribution < -0.4 is 0 Å². The number of aromatic nitrogens is 2. The molecule has 0 bridgehead atoms. The van der Waals surface area contributed by atoms with Crippen LogP contribution in [-0.2, 0) is 18.4 Å². The Bertz CT molecular complexity index is 399. The van der Waals surface area contributed by atoms with Gasteiger partial charge in [-0.05, 0) is 26.3 Å². The van der Waals surface area contributed by atoms with Crippen molar-refractivity contribution in [2.75, 3.05) is 6.54 Å². The number of aryl methyl sites for hydroxylation is 1. The maximum Gasteiger partial charge on any atom is 0.131 e. The molecule has 0 saturated carbocycles. The van der Waals surface area contributed by atoms with Crippen LogP contribution in [0.2, 0.25) is 0 Å². The molecular weight excluding hydrogens is 226 g/mol. The van der Waals surface area contributed by atoms with Crippen LogP contribution in [0.15, 0.2) is 12.5 Å². The van der Waals surface area contributed by atoms with Crippen LogP contribution >= 0.6 is 0 Å². The first-order valence-electron chi connectivity index (χ1n) is 6.85. The Kier molecular flexibility index (Phi) is 4.53. The van der Waals surface area contributed by atoms with Crippen molar-refractivity contribution >= 4 is 5.78 Å². The van der Waals surface area contributed by atoms with Gasteiger partial charge in [0, 0.05) is 32.3 Å². The maximum atomic E-state index is 11.4. The minimum absolute atomic E-state index is 0.303. The largest absolute Gasteiger partial charge is 0.337 e. The van der Waals surface area contributed by atoms with E-state index in [2.05, 4.69) is 14.5 Å². The molecule has 0 aliphatic carbocycles. The molecule has 0 N–H and O–H groups in total. The highest BCUT2D eigenvalue weighted by atomic mass is 16.1. The molecule has 18 heavy (non-hydrogen) atoms. The molecular formula is C14H23N3O. The second-order valence-corrected chi connectivity index (χ2v) is 5.38. The van der Waals surface area contributed by atoms with E-state index in [1.807, 2.05) is 19.6 Å². The highest BCUT2D eigenvalue weighted by Crippen LogP contribution is 2.21. The Labute approximate surface area is 109 Å². The average molecular weight is 249 g/mol. The number of Topliss-reactive ketones (excluding diaryl/α,β-unsaturated/α-hetero) is 1. The summed E-state index contributed by atoms with van der Waals surface area (Å²) >= 11 is 0. The number of rotatable bonds is 4. The van der Waals surface area contributed by atoms with Crippen molar-refractivity contribution in [3.05, 3.63) is 18.2 Å². The number of carbonyl (C=O) groups is 1. The monoisotopic (exact) mass is 249 g/mol. The Hall–Kier alpha value is -1.16. The Morgan fingerprint density at radius 1 is 1.44 bits per heavy atom. The quantitative estimate of drug-likeness (QED) is 0.820. The fraction of sp³-hybridized carbons (Fsp3) is 0.714. The molecule has 100 valence electrons. The van der Waals surface area contributed by atoms with Gasteiger partial charge in [0.1, 0.15) is 5.78 Å². The van der Waals surface area contributed by atoms with Gasteiger partial charge >= 0.3 is 0 Å². The van der Waals surface area contributed by atoms with E-state index in [-0.39, 0.29) is 0 Å². The second-order valence-electron chi connectivity index (χ2n) is 5.38. The van der Waals surface area contributed by atoms with Gasteiger partial charge in [-0.3, -0.25) is 9.69 Å². The SMILES string of the molecule is CC(=O)CC1CCCCCN1Cc1cncn1C. The number of imidazole rings is 1. The summed E-state index contributed by atoms with van der Waals surface area (Å²) in [5.74, 6) is 0.303. The summed E-state index contributed by atoms with van der Waals surface area (Å²) in [4.78, 5) is 18.0. The number of ketones is 1. The zero-order valence-corrected chi connectivity index (χ0v) is 11.4. The molecule has 1 aliphatic heterocycles.